The fourth-order valence-electron chi connectivity index (χ4n) is 2.20. The molecule has 0 bridgehead atoms. The quantitative estimate of drug-likeness (QED) is 0.537. The van der Waals surface area contributed by atoms with Gasteiger partial charge in [-0.15, -0.1) is 0 Å². The Morgan fingerprint density at radius 1 is 1.31 bits per heavy atom. The predicted molar refractivity (Wildman–Crippen MR) is 66.1 cm³/mol. The Bertz CT molecular complexity index is 247. The van der Waals surface area contributed by atoms with Crippen LogP contribution in [0.1, 0.15) is 52.9 Å². The van der Waals surface area contributed by atoms with Crippen molar-refractivity contribution in [2.45, 2.75) is 52.9 Å². The van der Waals surface area contributed by atoms with Crippen molar-refractivity contribution in [2.75, 3.05) is 6.61 Å². The molecule has 92 valence electrons. The van der Waals surface area contributed by atoms with E-state index >= 15 is 0 Å². The number of hydrogen-bond acceptors (Lipinski definition) is 2. The molecule has 0 N–H and O–H groups in total. The Hall–Kier alpha value is -0.790. The number of carbonyl (C=O) groups excluding carboxylic acids is 1. The van der Waals surface area contributed by atoms with Gasteiger partial charge in [-0.3, -0.25) is 4.79 Å². The number of carbonyl (C=O) groups is 1. The molecule has 1 fully saturated rings. The van der Waals surface area contributed by atoms with Gasteiger partial charge in [0.1, 0.15) is 6.61 Å². The summed E-state index contributed by atoms with van der Waals surface area (Å²) in [6.45, 7) is 6.28. The van der Waals surface area contributed by atoms with Crippen molar-refractivity contribution in [2.24, 2.45) is 11.8 Å². The SMILES string of the molecule is CC(=O)OCC(=CC1CCCCC1)C(C)C. The topological polar surface area (TPSA) is 26.3 Å². The average molecular weight is 224 g/mol. The maximum absolute atomic E-state index is 10.8. The summed E-state index contributed by atoms with van der Waals surface area (Å²) in [5, 5.41) is 0. The van der Waals surface area contributed by atoms with Gasteiger partial charge < -0.3 is 4.74 Å². The molecule has 0 spiro atoms. The highest BCUT2D eigenvalue weighted by atomic mass is 16.5. The summed E-state index contributed by atoms with van der Waals surface area (Å²) in [5.74, 6) is 0.998. The number of esters is 1. The third-order valence-corrected chi connectivity index (χ3v) is 3.28. The van der Waals surface area contributed by atoms with E-state index in [1.165, 1.54) is 44.6 Å². The normalized spacial score (nSPS) is 18.9. The number of rotatable bonds is 4. The number of allylic oxidation sites excluding steroid dienone is 1. The van der Waals surface area contributed by atoms with Crippen LogP contribution in [0, 0.1) is 11.8 Å². The lowest BCUT2D eigenvalue weighted by Gasteiger charge is -2.21. The molecule has 1 rings (SSSR count). The van der Waals surface area contributed by atoms with Gasteiger partial charge in [-0.1, -0.05) is 39.2 Å². The molecule has 16 heavy (non-hydrogen) atoms. The second kappa shape index (κ2) is 6.72. The Morgan fingerprint density at radius 3 is 2.44 bits per heavy atom. The molecule has 0 aromatic rings. The lowest BCUT2D eigenvalue weighted by molar-refractivity contribution is -0.140. The first-order valence-electron chi connectivity index (χ1n) is 6.43. The van der Waals surface area contributed by atoms with Crippen LogP contribution >= 0.6 is 0 Å². The fourth-order valence-corrected chi connectivity index (χ4v) is 2.20. The second-order valence-corrected chi connectivity index (χ2v) is 5.07. The Balaban J connectivity index is 2.53. The minimum absolute atomic E-state index is 0.185. The van der Waals surface area contributed by atoms with Gasteiger partial charge in [0.15, 0.2) is 0 Å². The third-order valence-electron chi connectivity index (χ3n) is 3.28. The maximum Gasteiger partial charge on any atom is 0.302 e. The van der Waals surface area contributed by atoms with Crippen LogP contribution in [-0.2, 0) is 9.53 Å². The molecule has 0 aliphatic heterocycles. The molecule has 0 heterocycles. The van der Waals surface area contributed by atoms with Gasteiger partial charge in [-0.2, -0.15) is 0 Å². The van der Waals surface area contributed by atoms with Crippen LogP contribution in [0.2, 0.25) is 0 Å². The zero-order valence-electron chi connectivity index (χ0n) is 10.8. The molecule has 0 aromatic heterocycles. The van der Waals surface area contributed by atoms with Gasteiger partial charge in [0, 0.05) is 6.92 Å². The maximum atomic E-state index is 10.8. The highest BCUT2D eigenvalue weighted by Gasteiger charge is 2.14. The van der Waals surface area contributed by atoms with Crippen molar-refractivity contribution in [3.05, 3.63) is 11.6 Å². The van der Waals surface area contributed by atoms with Crippen LogP contribution in [0.5, 0.6) is 0 Å². The van der Waals surface area contributed by atoms with Gasteiger partial charge in [0.05, 0.1) is 0 Å². The predicted octanol–water partition coefficient (Wildman–Crippen LogP) is 3.71. The molecule has 2 nitrogen and oxygen atoms in total. The second-order valence-electron chi connectivity index (χ2n) is 5.07. The van der Waals surface area contributed by atoms with Crippen molar-refractivity contribution < 1.29 is 9.53 Å². The van der Waals surface area contributed by atoms with E-state index in [1.807, 2.05) is 0 Å². The zero-order valence-corrected chi connectivity index (χ0v) is 10.8. The summed E-state index contributed by atoms with van der Waals surface area (Å²) in [7, 11) is 0. The average Bonchev–Trinajstić information content (AvgIpc) is 2.25. The molecule has 0 atom stereocenters. The highest BCUT2D eigenvalue weighted by Crippen LogP contribution is 2.27. The molecule has 0 amide bonds. The molecule has 1 aliphatic carbocycles. The summed E-state index contributed by atoms with van der Waals surface area (Å²) in [6, 6.07) is 0. The van der Waals surface area contributed by atoms with Gasteiger partial charge in [-0.25, -0.2) is 0 Å². The highest BCUT2D eigenvalue weighted by molar-refractivity contribution is 5.66. The fraction of sp³-hybridized carbons (Fsp3) is 0.786. The van der Waals surface area contributed by atoms with Gasteiger partial charge in [0.2, 0.25) is 0 Å². The van der Waals surface area contributed by atoms with Crippen molar-refractivity contribution in [3.63, 3.8) is 0 Å². The minimum atomic E-state index is -0.185. The Labute approximate surface area is 99.1 Å². The molecule has 0 radical (unpaired) electrons. The van der Waals surface area contributed by atoms with Crippen molar-refractivity contribution >= 4 is 5.97 Å². The van der Waals surface area contributed by atoms with E-state index < -0.39 is 0 Å². The van der Waals surface area contributed by atoms with Crippen LogP contribution in [0.25, 0.3) is 0 Å². The van der Waals surface area contributed by atoms with E-state index in [4.69, 9.17) is 4.74 Å². The summed E-state index contributed by atoms with van der Waals surface area (Å²) in [5.41, 5.74) is 1.28. The van der Waals surface area contributed by atoms with Gasteiger partial charge in [-0.05, 0) is 30.3 Å². The van der Waals surface area contributed by atoms with Crippen molar-refractivity contribution in [1.82, 2.24) is 0 Å². The van der Waals surface area contributed by atoms with E-state index in [0.717, 1.165) is 0 Å². The third kappa shape index (κ3) is 4.82. The Morgan fingerprint density at radius 2 is 1.94 bits per heavy atom. The van der Waals surface area contributed by atoms with E-state index in [0.29, 0.717) is 18.4 Å². The molecule has 0 saturated heterocycles. The van der Waals surface area contributed by atoms with Gasteiger partial charge >= 0.3 is 5.97 Å². The van der Waals surface area contributed by atoms with E-state index in [9.17, 15) is 4.79 Å². The van der Waals surface area contributed by atoms with Crippen LogP contribution in [0.4, 0.5) is 0 Å². The minimum Gasteiger partial charge on any atom is -0.461 e. The smallest absolute Gasteiger partial charge is 0.302 e. The van der Waals surface area contributed by atoms with Crippen LogP contribution in [0.3, 0.4) is 0 Å². The van der Waals surface area contributed by atoms with Crippen molar-refractivity contribution in [1.29, 1.82) is 0 Å². The standard InChI is InChI=1S/C14H24O2/c1-11(2)14(10-16-12(3)15)9-13-7-5-4-6-8-13/h9,11,13H,4-8,10H2,1-3H3. The summed E-state index contributed by atoms with van der Waals surface area (Å²) in [6.07, 6.45) is 9.03. The summed E-state index contributed by atoms with van der Waals surface area (Å²) < 4.78 is 5.10. The first-order chi connectivity index (χ1) is 7.59. The molecule has 2 heteroatoms. The van der Waals surface area contributed by atoms with E-state index in [-0.39, 0.29) is 5.97 Å². The molecule has 1 aliphatic rings. The van der Waals surface area contributed by atoms with Crippen LogP contribution < -0.4 is 0 Å². The van der Waals surface area contributed by atoms with Gasteiger partial charge in [0.25, 0.3) is 0 Å². The van der Waals surface area contributed by atoms with Crippen LogP contribution in [-0.4, -0.2) is 12.6 Å². The first kappa shape index (κ1) is 13.3. The largest absolute Gasteiger partial charge is 0.461 e. The Kier molecular flexibility index (Phi) is 5.58. The van der Waals surface area contributed by atoms with E-state index in [2.05, 4.69) is 19.9 Å². The summed E-state index contributed by atoms with van der Waals surface area (Å²) >= 11 is 0. The monoisotopic (exact) mass is 224 g/mol. The first-order valence-corrected chi connectivity index (χ1v) is 6.43. The molecular formula is C14H24O2. The molecule has 0 aromatic carbocycles. The number of ether oxygens (including phenoxy) is 1. The molecular weight excluding hydrogens is 200 g/mol. The number of hydrogen-bond donors (Lipinski definition) is 0. The van der Waals surface area contributed by atoms with E-state index in [1.54, 1.807) is 0 Å². The zero-order chi connectivity index (χ0) is 12.0. The molecule has 1 saturated carbocycles. The van der Waals surface area contributed by atoms with Crippen molar-refractivity contribution in [3.8, 4) is 0 Å². The summed E-state index contributed by atoms with van der Waals surface area (Å²) in [4.78, 5) is 10.8. The lowest BCUT2D eigenvalue weighted by Crippen LogP contribution is -2.11. The molecule has 0 unspecified atom stereocenters. The lowest BCUT2D eigenvalue weighted by atomic mass is 9.86. The van der Waals surface area contributed by atoms with Crippen LogP contribution in [0.15, 0.2) is 11.6 Å².